The fourth-order valence-corrected chi connectivity index (χ4v) is 3.42. The van der Waals surface area contributed by atoms with Crippen LogP contribution in [0.5, 0.6) is 0 Å². The van der Waals surface area contributed by atoms with E-state index in [4.69, 9.17) is 11.6 Å². The van der Waals surface area contributed by atoms with E-state index in [0.717, 1.165) is 5.69 Å². The van der Waals surface area contributed by atoms with Crippen LogP contribution in [0.2, 0.25) is 5.02 Å². The molecule has 0 aliphatic carbocycles. The average molecular weight is 282 g/mol. The topological polar surface area (TPSA) is 46.2 Å². The van der Waals surface area contributed by atoms with Crippen LogP contribution in [0.25, 0.3) is 0 Å². The minimum absolute atomic E-state index is 0.120. The maximum absolute atomic E-state index is 12.3. The first kappa shape index (κ1) is 12.9. The first-order chi connectivity index (χ1) is 8.55. The number of rotatable bonds is 3. The molecule has 3 nitrogen and oxygen atoms in total. The van der Waals surface area contributed by atoms with Gasteiger partial charge in [-0.2, -0.15) is 0 Å². The SMILES string of the molecule is CNc1ccc(S(=O)(=O)c2ccccc2)c(Cl)c1. The van der Waals surface area contributed by atoms with Crippen molar-refractivity contribution in [1.29, 1.82) is 0 Å². The molecule has 94 valence electrons. The number of hydrogen-bond acceptors (Lipinski definition) is 3. The summed E-state index contributed by atoms with van der Waals surface area (Å²) in [6, 6.07) is 13.0. The lowest BCUT2D eigenvalue weighted by Gasteiger charge is -2.08. The normalized spacial score (nSPS) is 11.2. The van der Waals surface area contributed by atoms with Gasteiger partial charge in [0.05, 0.1) is 14.8 Å². The Morgan fingerprint density at radius 2 is 1.72 bits per heavy atom. The van der Waals surface area contributed by atoms with Crippen molar-refractivity contribution < 1.29 is 8.42 Å². The number of benzene rings is 2. The summed E-state index contributed by atoms with van der Waals surface area (Å²) in [5.41, 5.74) is 0.770. The second kappa shape index (κ2) is 5.00. The van der Waals surface area contributed by atoms with E-state index in [1.165, 1.54) is 6.07 Å². The highest BCUT2D eigenvalue weighted by Gasteiger charge is 2.20. The first-order valence-corrected chi connectivity index (χ1v) is 7.19. The summed E-state index contributed by atoms with van der Waals surface area (Å²) in [7, 11) is -1.81. The summed E-state index contributed by atoms with van der Waals surface area (Å²) in [6.07, 6.45) is 0. The molecule has 0 fully saturated rings. The molecule has 0 saturated heterocycles. The smallest absolute Gasteiger partial charge is 0.208 e. The van der Waals surface area contributed by atoms with Gasteiger partial charge in [-0.05, 0) is 30.3 Å². The Morgan fingerprint density at radius 1 is 1.06 bits per heavy atom. The van der Waals surface area contributed by atoms with E-state index >= 15 is 0 Å². The van der Waals surface area contributed by atoms with Gasteiger partial charge in [-0.15, -0.1) is 0 Å². The van der Waals surface area contributed by atoms with E-state index < -0.39 is 9.84 Å². The standard InChI is InChI=1S/C13H12ClNO2S/c1-15-10-7-8-13(12(14)9-10)18(16,17)11-5-3-2-4-6-11/h2-9,15H,1H3. The van der Waals surface area contributed by atoms with Crippen LogP contribution in [0.15, 0.2) is 58.3 Å². The monoisotopic (exact) mass is 281 g/mol. The van der Waals surface area contributed by atoms with E-state index in [0.29, 0.717) is 0 Å². The third-order valence-corrected chi connectivity index (χ3v) is 4.82. The Labute approximate surface area is 111 Å². The zero-order chi connectivity index (χ0) is 13.2. The van der Waals surface area contributed by atoms with Gasteiger partial charge in [0, 0.05) is 12.7 Å². The van der Waals surface area contributed by atoms with Crippen LogP contribution < -0.4 is 5.32 Å². The van der Waals surface area contributed by atoms with Crippen LogP contribution >= 0.6 is 11.6 Å². The van der Waals surface area contributed by atoms with Crippen LogP contribution in [0, 0.1) is 0 Å². The molecule has 0 heterocycles. The largest absolute Gasteiger partial charge is 0.388 e. The van der Waals surface area contributed by atoms with Gasteiger partial charge in [0.15, 0.2) is 0 Å². The van der Waals surface area contributed by atoms with Gasteiger partial charge < -0.3 is 5.32 Å². The summed E-state index contributed by atoms with van der Waals surface area (Å²) in [4.78, 5) is 0.360. The molecule has 0 radical (unpaired) electrons. The van der Waals surface area contributed by atoms with Crippen molar-refractivity contribution in [3.05, 3.63) is 53.6 Å². The van der Waals surface area contributed by atoms with Crippen LogP contribution in [-0.2, 0) is 9.84 Å². The summed E-state index contributed by atoms with van der Waals surface area (Å²) in [6.45, 7) is 0. The van der Waals surface area contributed by atoms with Crippen molar-refractivity contribution in [2.45, 2.75) is 9.79 Å². The molecule has 0 unspecified atom stereocenters. The van der Waals surface area contributed by atoms with Crippen molar-refractivity contribution in [2.75, 3.05) is 12.4 Å². The number of anilines is 1. The molecule has 18 heavy (non-hydrogen) atoms. The second-order valence-electron chi connectivity index (χ2n) is 3.71. The summed E-state index contributed by atoms with van der Waals surface area (Å²) in [5.74, 6) is 0. The van der Waals surface area contributed by atoms with Crippen molar-refractivity contribution >= 4 is 27.1 Å². The number of nitrogens with one attached hydrogen (secondary N) is 1. The Balaban J connectivity index is 2.55. The zero-order valence-electron chi connectivity index (χ0n) is 9.72. The zero-order valence-corrected chi connectivity index (χ0v) is 11.3. The number of sulfone groups is 1. The summed E-state index contributed by atoms with van der Waals surface area (Å²) in [5, 5.41) is 3.12. The quantitative estimate of drug-likeness (QED) is 0.940. The molecule has 1 N–H and O–H groups in total. The maximum Gasteiger partial charge on any atom is 0.208 e. The van der Waals surface area contributed by atoms with Gasteiger partial charge in [-0.25, -0.2) is 8.42 Å². The van der Waals surface area contributed by atoms with Gasteiger partial charge >= 0.3 is 0 Å². The van der Waals surface area contributed by atoms with Crippen molar-refractivity contribution in [3.8, 4) is 0 Å². The molecule has 0 amide bonds. The molecule has 2 aromatic rings. The third-order valence-electron chi connectivity index (χ3n) is 2.56. The highest BCUT2D eigenvalue weighted by atomic mass is 35.5. The Morgan fingerprint density at radius 3 is 2.28 bits per heavy atom. The molecule has 0 aliphatic heterocycles. The van der Waals surface area contributed by atoms with E-state index in [2.05, 4.69) is 5.32 Å². The highest BCUT2D eigenvalue weighted by Crippen LogP contribution is 2.29. The predicted molar refractivity (Wildman–Crippen MR) is 72.9 cm³/mol. The minimum atomic E-state index is -3.55. The molecule has 2 rings (SSSR count). The maximum atomic E-state index is 12.3. The van der Waals surface area contributed by atoms with E-state index in [-0.39, 0.29) is 14.8 Å². The number of halogens is 1. The lowest BCUT2D eigenvalue weighted by atomic mass is 10.3. The summed E-state index contributed by atoms with van der Waals surface area (Å²) >= 11 is 6.02. The molecule has 0 bridgehead atoms. The first-order valence-electron chi connectivity index (χ1n) is 5.33. The molecule has 0 saturated carbocycles. The minimum Gasteiger partial charge on any atom is -0.388 e. The molecule has 2 aromatic carbocycles. The van der Waals surface area contributed by atoms with Gasteiger partial charge in [0.25, 0.3) is 0 Å². The molecular weight excluding hydrogens is 270 g/mol. The lowest BCUT2D eigenvalue weighted by molar-refractivity contribution is 0.596. The predicted octanol–water partition coefficient (Wildman–Crippen LogP) is 3.21. The van der Waals surface area contributed by atoms with Gasteiger partial charge in [-0.1, -0.05) is 29.8 Å². The van der Waals surface area contributed by atoms with Gasteiger partial charge in [0.1, 0.15) is 0 Å². The Kier molecular flexibility index (Phi) is 3.59. The number of hydrogen-bond donors (Lipinski definition) is 1. The van der Waals surface area contributed by atoms with Crippen molar-refractivity contribution in [2.24, 2.45) is 0 Å². The van der Waals surface area contributed by atoms with Gasteiger partial charge in [-0.3, -0.25) is 0 Å². The van der Waals surface area contributed by atoms with E-state index in [1.807, 2.05) is 0 Å². The average Bonchev–Trinajstić information content (AvgIpc) is 2.39. The van der Waals surface area contributed by atoms with E-state index in [1.54, 1.807) is 49.5 Å². The van der Waals surface area contributed by atoms with Gasteiger partial charge in [0.2, 0.25) is 9.84 Å². The van der Waals surface area contributed by atoms with Crippen LogP contribution in [-0.4, -0.2) is 15.5 Å². The molecular formula is C13H12ClNO2S. The fraction of sp³-hybridized carbons (Fsp3) is 0.0769. The molecule has 0 aromatic heterocycles. The second-order valence-corrected chi connectivity index (χ2v) is 6.04. The van der Waals surface area contributed by atoms with Crippen LogP contribution in [0.1, 0.15) is 0 Å². The molecule has 0 atom stereocenters. The van der Waals surface area contributed by atoms with E-state index in [9.17, 15) is 8.42 Å². The molecule has 0 spiro atoms. The van der Waals surface area contributed by atoms with Crippen molar-refractivity contribution in [3.63, 3.8) is 0 Å². The molecule has 0 aliphatic rings. The van der Waals surface area contributed by atoms with Crippen LogP contribution in [0.3, 0.4) is 0 Å². The molecule has 5 heteroatoms. The summed E-state index contributed by atoms with van der Waals surface area (Å²) < 4.78 is 24.7. The Bertz CT molecular complexity index is 654. The highest BCUT2D eigenvalue weighted by molar-refractivity contribution is 7.91. The fourth-order valence-electron chi connectivity index (χ4n) is 1.60. The van der Waals surface area contributed by atoms with Crippen molar-refractivity contribution in [1.82, 2.24) is 0 Å². The third kappa shape index (κ3) is 2.35. The van der Waals surface area contributed by atoms with Crippen LogP contribution in [0.4, 0.5) is 5.69 Å². The lowest BCUT2D eigenvalue weighted by Crippen LogP contribution is -2.03. The Hall–Kier alpha value is -1.52.